The zero-order valence-corrected chi connectivity index (χ0v) is 18.5. The Balaban J connectivity index is 1.71. The molecule has 0 aromatic heterocycles. The van der Waals surface area contributed by atoms with Crippen molar-refractivity contribution in [1.29, 1.82) is 0 Å². The second-order valence-corrected chi connectivity index (χ2v) is 9.26. The topological polar surface area (TPSA) is 75.7 Å². The van der Waals surface area contributed by atoms with Crippen LogP contribution in [0.25, 0.3) is 0 Å². The van der Waals surface area contributed by atoms with Gasteiger partial charge in [0.25, 0.3) is 5.91 Å². The van der Waals surface area contributed by atoms with E-state index in [0.717, 1.165) is 17.4 Å². The summed E-state index contributed by atoms with van der Waals surface area (Å²) < 4.78 is 30.3. The minimum Gasteiger partial charge on any atom is -0.481 e. The van der Waals surface area contributed by atoms with E-state index in [1.54, 1.807) is 31.2 Å². The van der Waals surface area contributed by atoms with Crippen LogP contribution in [0.1, 0.15) is 24.1 Å². The maximum absolute atomic E-state index is 12.9. The molecule has 0 saturated carbocycles. The summed E-state index contributed by atoms with van der Waals surface area (Å²) in [6.45, 7) is 1.68. The summed E-state index contributed by atoms with van der Waals surface area (Å²) in [6, 6.07) is 25.8. The summed E-state index contributed by atoms with van der Waals surface area (Å²) in [5, 5.41) is 3.07. The monoisotopic (exact) mass is 438 g/mol. The highest BCUT2D eigenvalue weighted by atomic mass is 32.2. The van der Waals surface area contributed by atoms with Gasteiger partial charge in [0.05, 0.1) is 18.0 Å². The van der Waals surface area contributed by atoms with Crippen molar-refractivity contribution >= 4 is 21.6 Å². The van der Waals surface area contributed by atoms with E-state index in [4.69, 9.17) is 4.74 Å². The normalized spacial score (nSPS) is 12.3. The van der Waals surface area contributed by atoms with E-state index in [-0.39, 0.29) is 11.9 Å². The first-order valence-electron chi connectivity index (χ1n) is 9.86. The first kappa shape index (κ1) is 22.4. The fraction of sp³-hybridized carbons (Fsp3) is 0.208. The molecule has 0 unspecified atom stereocenters. The van der Waals surface area contributed by atoms with Crippen LogP contribution in [-0.4, -0.2) is 33.7 Å². The first-order chi connectivity index (χ1) is 14.8. The van der Waals surface area contributed by atoms with Gasteiger partial charge in [-0.1, -0.05) is 60.7 Å². The third-order valence-electron chi connectivity index (χ3n) is 4.93. The lowest BCUT2D eigenvalue weighted by Crippen LogP contribution is -2.39. The van der Waals surface area contributed by atoms with Gasteiger partial charge in [0, 0.05) is 7.05 Å². The van der Waals surface area contributed by atoms with E-state index in [2.05, 4.69) is 5.32 Å². The Bertz CT molecular complexity index is 1060. The molecular formula is C24H26N2O4S. The van der Waals surface area contributed by atoms with Crippen molar-refractivity contribution in [3.05, 3.63) is 96.1 Å². The molecule has 0 aliphatic heterocycles. The van der Waals surface area contributed by atoms with Crippen molar-refractivity contribution in [3.63, 3.8) is 0 Å². The van der Waals surface area contributed by atoms with Crippen LogP contribution < -0.4 is 14.4 Å². The molecule has 162 valence electrons. The van der Waals surface area contributed by atoms with Gasteiger partial charge in [-0.05, 0) is 42.3 Å². The van der Waals surface area contributed by atoms with Crippen molar-refractivity contribution in [1.82, 2.24) is 5.32 Å². The van der Waals surface area contributed by atoms with E-state index >= 15 is 0 Å². The number of sulfonamides is 1. The maximum atomic E-state index is 12.9. The zero-order chi connectivity index (χ0) is 22.4. The summed E-state index contributed by atoms with van der Waals surface area (Å²) in [4.78, 5) is 12.9. The maximum Gasteiger partial charge on any atom is 0.261 e. The van der Waals surface area contributed by atoms with Crippen molar-refractivity contribution in [3.8, 4) is 5.75 Å². The van der Waals surface area contributed by atoms with Crippen LogP contribution in [-0.2, 0) is 14.8 Å². The SMILES string of the molecule is C[C@H](Oc1ccc(N(C)S(C)(=O)=O)cc1)C(=O)NC(c1ccccc1)c1ccccc1. The molecule has 31 heavy (non-hydrogen) atoms. The minimum absolute atomic E-state index is 0.255. The molecule has 1 N–H and O–H groups in total. The van der Waals surface area contributed by atoms with Gasteiger partial charge in [0.15, 0.2) is 6.10 Å². The van der Waals surface area contributed by atoms with Gasteiger partial charge in [-0.3, -0.25) is 9.10 Å². The Hall–Kier alpha value is -3.32. The number of anilines is 1. The van der Waals surface area contributed by atoms with Crippen LogP contribution in [0.2, 0.25) is 0 Å². The smallest absolute Gasteiger partial charge is 0.261 e. The molecular weight excluding hydrogens is 412 g/mol. The molecule has 3 aromatic carbocycles. The lowest BCUT2D eigenvalue weighted by molar-refractivity contribution is -0.127. The lowest BCUT2D eigenvalue weighted by Gasteiger charge is -2.23. The molecule has 0 aliphatic carbocycles. The highest BCUT2D eigenvalue weighted by molar-refractivity contribution is 7.92. The molecule has 0 heterocycles. The van der Waals surface area contributed by atoms with Gasteiger partial charge in [-0.15, -0.1) is 0 Å². The number of hydrogen-bond donors (Lipinski definition) is 1. The van der Waals surface area contributed by atoms with Gasteiger partial charge in [-0.25, -0.2) is 8.42 Å². The molecule has 0 aliphatic rings. The molecule has 0 radical (unpaired) electrons. The number of nitrogens with one attached hydrogen (secondary N) is 1. The number of amides is 1. The number of ether oxygens (including phenoxy) is 1. The third-order valence-corrected chi connectivity index (χ3v) is 6.14. The molecule has 1 atom stereocenters. The van der Waals surface area contributed by atoms with Gasteiger partial charge in [-0.2, -0.15) is 0 Å². The minimum atomic E-state index is -3.34. The molecule has 1 amide bonds. The Morgan fingerprint density at radius 1 is 0.871 bits per heavy atom. The van der Waals surface area contributed by atoms with E-state index in [9.17, 15) is 13.2 Å². The summed E-state index contributed by atoms with van der Waals surface area (Å²) in [5.74, 6) is 0.222. The molecule has 6 nitrogen and oxygen atoms in total. The molecule has 7 heteroatoms. The van der Waals surface area contributed by atoms with Crippen molar-refractivity contribution < 1.29 is 17.9 Å². The largest absolute Gasteiger partial charge is 0.481 e. The van der Waals surface area contributed by atoms with Gasteiger partial charge in [0.1, 0.15) is 5.75 Å². The molecule has 0 bridgehead atoms. The summed E-state index contributed by atoms with van der Waals surface area (Å²) in [6.07, 6.45) is 0.396. The van der Waals surface area contributed by atoms with E-state index in [0.29, 0.717) is 11.4 Å². The van der Waals surface area contributed by atoms with Crippen molar-refractivity contribution in [2.75, 3.05) is 17.6 Å². The number of hydrogen-bond acceptors (Lipinski definition) is 4. The summed E-state index contributed by atoms with van der Waals surface area (Å²) in [5.41, 5.74) is 2.46. The number of rotatable bonds is 8. The van der Waals surface area contributed by atoms with Crippen LogP contribution in [0.4, 0.5) is 5.69 Å². The number of benzene rings is 3. The van der Waals surface area contributed by atoms with E-state index < -0.39 is 16.1 Å². The molecule has 3 rings (SSSR count). The average molecular weight is 439 g/mol. The summed E-state index contributed by atoms with van der Waals surface area (Å²) in [7, 11) is -1.86. The summed E-state index contributed by atoms with van der Waals surface area (Å²) >= 11 is 0. The second-order valence-electron chi connectivity index (χ2n) is 7.25. The van der Waals surface area contributed by atoms with Crippen LogP contribution >= 0.6 is 0 Å². The fourth-order valence-electron chi connectivity index (χ4n) is 3.09. The Kier molecular flexibility index (Phi) is 6.97. The third kappa shape index (κ3) is 5.86. The molecule has 0 spiro atoms. The average Bonchev–Trinajstić information content (AvgIpc) is 2.78. The Morgan fingerprint density at radius 3 is 1.81 bits per heavy atom. The standard InChI is InChI=1S/C24H26N2O4S/c1-18(30-22-16-14-21(15-17-22)26(2)31(3,28)29)24(27)25-23(19-10-6-4-7-11-19)20-12-8-5-9-13-20/h4-18,23H,1-3H3,(H,25,27)/t18-/m0/s1. The van der Waals surface area contributed by atoms with E-state index in [1.165, 1.54) is 11.4 Å². The van der Waals surface area contributed by atoms with Crippen LogP contribution in [0.3, 0.4) is 0 Å². The number of carbonyl (C=O) groups excluding carboxylic acids is 1. The highest BCUT2D eigenvalue weighted by Crippen LogP contribution is 2.23. The zero-order valence-electron chi connectivity index (χ0n) is 17.7. The Morgan fingerprint density at radius 2 is 1.35 bits per heavy atom. The fourth-order valence-corrected chi connectivity index (χ4v) is 3.60. The van der Waals surface area contributed by atoms with Gasteiger partial charge >= 0.3 is 0 Å². The quantitative estimate of drug-likeness (QED) is 0.581. The van der Waals surface area contributed by atoms with E-state index in [1.807, 2.05) is 60.7 Å². The second kappa shape index (κ2) is 9.66. The van der Waals surface area contributed by atoms with Crippen LogP contribution in [0.5, 0.6) is 5.75 Å². The van der Waals surface area contributed by atoms with Crippen LogP contribution in [0.15, 0.2) is 84.9 Å². The van der Waals surface area contributed by atoms with Gasteiger partial charge in [0.2, 0.25) is 10.0 Å². The highest BCUT2D eigenvalue weighted by Gasteiger charge is 2.22. The van der Waals surface area contributed by atoms with Crippen molar-refractivity contribution in [2.45, 2.75) is 19.1 Å². The first-order valence-corrected chi connectivity index (χ1v) is 11.7. The number of nitrogens with zero attached hydrogens (tertiary/aromatic N) is 1. The Labute approximate surface area is 183 Å². The molecule has 0 fully saturated rings. The molecule has 0 saturated heterocycles. The number of carbonyl (C=O) groups is 1. The molecule has 3 aromatic rings. The predicted octanol–water partition coefficient (Wildman–Crippen LogP) is 3.76. The van der Waals surface area contributed by atoms with Crippen molar-refractivity contribution in [2.24, 2.45) is 0 Å². The lowest BCUT2D eigenvalue weighted by atomic mass is 9.98. The predicted molar refractivity (Wildman–Crippen MR) is 123 cm³/mol. The van der Waals surface area contributed by atoms with Gasteiger partial charge < -0.3 is 10.1 Å². The van der Waals surface area contributed by atoms with Crippen LogP contribution in [0, 0.1) is 0 Å².